The lowest BCUT2D eigenvalue weighted by Gasteiger charge is -2.15. The molecule has 0 aliphatic carbocycles. The van der Waals surface area contributed by atoms with E-state index in [9.17, 15) is 14.0 Å². The van der Waals surface area contributed by atoms with Gasteiger partial charge in [-0.3, -0.25) is 20.4 Å². The lowest BCUT2D eigenvalue weighted by atomic mass is 10.2. The Morgan fingerprint density at radius 3 is 2.43 bits per heavy atom. The number of benzene rings is 2. The zero-order valence-electron chi connectivity index (χ0n) is 16.0. The van der Waals surface area contributed by atoms with Gasteiger partial charge in [-0.1, -0.05) is 31.9 Å². The summed E-state index contributed by atoms with van der Waals surface area (Å²) in [5.41, 5.74) is 4.94. The van der Waals surface area contributed by atoms with Gasteiger partial charge in [0.25, 0.3) is 11.8 Å². The van der Waals surface area contributed by atoms with Crippen LogP contribution in [-0.4, -0.2) is 24.5 Å². The van der Waals surface area contributed by atoms with Crippen LogP contribution in [0.3, 0.4) is 0 Å². The number of ether oxygens (including phenoxy) is 2. The molecule has 150 valence electrons. The fraction of sp³-hybridized carbons (Fsp3) is 0.333. The number of para-hydroxylation sites is 1. The Bertz CT molecular complexity index is 780. The number of hydrogen-bond donors (Lipinski definition) is 2. The number of halogens is 1. The molecule has 2 amide bonds. The van der Waals surface area contributed by atoms with Gasteiger partial charge in [0.2, 0.25) is 0 Å². The van der Waals surface area contributed by atoms with Crippen molar-refractivity contribution in [1.82, 2.24) is 10.9 Å². The Balaban J connectivity index is 1.79. The predicted molar refractivity (Wildman–Crippen MR) is 104 cm³/mol. The Hall–Kier alpha value is -3.09. The van der Waals surface area contributed by atoms with Crippen LogP contribution in [0.1, 0.15) is 43.5 Å². The van der Waals surface area contributed by atoms with Crippen molar-refractivity contribution in [2.24, 2.45) is 0 Å². The summed E-state index contributed by atoms with van der Waals surface area (Å²) >= 11 is 0. The molecule has 2 aromatic carbocycles. The van der Waals surface area contributed by atoms with Gasteiger partial charge in [-0.25, -0.2) is 4.39 Å². The van der Waals surface area contributed by atoms with Gasteiger partial charge in [-0.05, 0) is 49.7 Å². The van der Waals surface area contributed by atoms with Gasteiger partial charge >= 0.3 is 0 Å². The summed E-state index contributed by atoms with van der Waals surface area (Å²) in [5, 5.41) is 0. The molecule has 28 heavy (non-hydrogen) atoms. The summed E-state index contributed by atoms with van der Waals surface area (Å²) in [5.74, 6) is -1.01. The van der Waals surface area contributed by atoms with Crippen LogP contribution in [0.4, 0.5) is 4.39 Å². The number of carbonyl (C=O) groups is 2. The minimum atomic E-state index is -0.990. The summed E-state index contributed by atoms with van der Waals surface area (Å²) in [6.07, 6.45) is 2.23. The Labute approximate surface area is 164 Å². The molecule has 2 rings (SSSR count). The third-order valence-corrected chi connectivity index (χ3v) is 3.94. The molecule has 0 bridgehead atoms. The Morgan fingerprint density at radius 1 is 1.04 bits per heavy atom. The SMILES string of the molecule is CCCCCOc1ccc(C(=O)NNC(=O)[C@@H](C)Oc2ccccc2F)cc1. The molecular formula is C21H25FN2O4. The largest absolute Gasteiger partial charge is 0.494 e. The molecule has 0 radical (unpaired) electrons. The molecule has 2 aromatic rings. The van der Waals surface area contributed by atoms with Crippen LogP contribution in [-0.2, 0) is 4.79 Å². The maximum absolute atomic E-state index is 13.6. The van der Waals surface area contributed by atoms with Crippen LogP contribution in [0.5, 0.6) is 11.5 Å². The van der Waals surface area contributed by atoms with E-state index in [1.165, 1.54) is 25.1 Å². The lowest BCUT2D eigenvalue weighted by Crippen LogP contribution is -2.47. The fourth-order valence-corrected chi connectivity index (χ4v) is 2.32. The Morgan fingerprint density at radius 2 is 1.75 bits per heavy atom. The topological polar surface area (TPSA) is 76.7 Å². The van der Waals surface area contributed by atoms with Gasteiger partial charge in [-0.15, -0.1) is 0 Å². The average molecular weight is 388 g/mol. The molecule has 0 fully saturated rings. The molecule has 7 heteroatoms. The molecule has 0 spiro atoms. The predicted octanol–water partition coefficient (Wildman–Crippen LogP) is 3.62. The van der Waals surface area contributed by atoms with E-state index in [1.54, 1.807) is 30.3 Å². The molecular weight excluding hydrogens is 363 g/mol. The first-order valence-electron chi connectivity index (χ1n) is 9.25. The molecule has 0 aliphatic rings. The van der Waals surface area contributed by atoms with Crippen LogP contribution in [0.25, 0.3) is 0 Å². The number of amides is 2. The number of nitrogens with one attached hydrogen (secondary N) is 2. The molecule has 0 heterocycles. The van der Waals surface area contributed by atoms with Crippen molar-refractivity contribution in [3.8, 4) is 11.5 Å². The number of carbonyl (C=O) groups excluding carboxylic acids is 2. The number of hydrogen-bond acceptors (Lipinski definition) is 4. The van der Waals surface area contributed by atoms with E-state index < -0.39 is 23.7 Å². The van der Waals surface area contributed by atoms with Crippen molar-refractivity contribution >= 4 is 11.8 Å². The van der Waals surface area contributed by atoms with Gasteiger partial charge in [0.05, 0.1) is 6.61 Å². The second kappa shape index (κ2) is 10.9. The van der Waals surface area contributed by atoms with Crippen LogP contribution < -0.4 is 20.3 Å². The third-order valence-electron chi connectivity index (χ3n) is 3.94. The second-order valence-electron chi connectivity index (χ2n) is 6.21. The first-order chi connectivity index (χ1) is 13.5. The number of unbranched alkanes of at least 4 members (excludes halogenated alkanes) is 2. The van der Waals surface area contributed by atoms with Crippen molar-refractivity contribution in [3.05, 3.63) is 59.9 Å². The first kappa shape index (κ1) is 21.2. The molecule has 0 saturated carbocycles. The van der Waals surface area contributed by atoms with Gasteiger partial charge in [0, 0.05) is 5.56 Å². The molecule has 6 nitrogen and oxygen atoms in total. The van der Waals surface area contributed by atoms with Crippen molar-refractivity contribution in [2.45, 2.75) is 39.2 Å². The quantitative estimate of drug-likeness (QED) is 0.508. The van der Waals surface area contributed by atoms with Crippen molar-refractivity contribution < 1.29 is 23.5 Å². The highest BCUT2D eigenvalue weighted by molar-refractivity contribution is 5.95. The fourth-order valence-electron chi connectivity index (χ4n) is 2.32. The van der Waals surface area contributed by atoms with E-state index >= 15 is 0 Å². The smallest absolute Gasteiger partial charge is 0.279 e. The van der Waals surface area contributed by atoms with E-state index in [2.05, 4.69) is 17.8 Å². The number of hydrazine groups is 1. The van der Waals surface area contributed by atoms with Crippen LogP contribution in [0.15, 0.2) is 48.5 Å². The summed E-state index contributed by atoms with van der Waals surface area (Å²) < 4.78 is 24.4. The van der Waals surface area contributed by atoms with Gasteiger partial charge < -0.3 is 9.47 Å². The summed E-state index contributed by atoms with van der Waals surface area (Å²) in [4.78, 5) is 24.2. The maximum atomic E-state index is 13.6. The zero-order chi connectivity index (χ0) is 20.4. The van der Waals surface area contributed by atoms with Crippen molar-refractivity contribution in [2.75, 3.05) is 6.61 Å². The third kappa shape index (κ3) is 6.57. The van der Waals surface area contributed by atoms with E-state index in [1.807, 2.05) is 0 Å². The van der Waals surface area contributed by atoms with Crippen LogP contribution in [0, 0.1) is 5.82 Å². The summed E-state index contributed by atoms with van der Waals surface area (Å²) in [7, 11) is 0. The van der Waals surface area contributed by atoms with Gasteiger partial charge in [0.1, 0.15) is 5.75 Å². The van der Waals surface area contributed by atoms with E-state index in [0.717, 1.165) is 19.3 Å². The van der Waals surface area contributed by atoms with Crippen LogP contribution in [0.2, 0.25) is 0 Å². The highest BCUT2D eigenvalue weighted by Gasteiger charge is 2.17. The molecule has 2 N–H and O–H groups in total. The second-order valence-corrected chi connectivity index (χ2v) is 6.21. The molecule has 1 atom stereocenters. The highest BCUT2D eigenvalue weighted by atomic mass is 19.1. The van der Waals surface area contributed by atoms with Gasteiger partial charge in [-0.2, -0.15) is 0 Å². The molecule has 0 saturated heterocycles. The van der Waals surface area contributed by atoms with E-state index in [-0.39, 0.29) is 5.75 Å². The zero-order valence-corrected chi connectivity index (χ0v) is 16.0. The maximum Gasteiger partial charge on any atom is 0.279 e. The Kier molecular flexibility index (Phi) is 8.27. The summed E-state index contributed by atoms with van der Waals surface area (Å²) in [6, 6.07) is 12.4. The lowest BCUT2D eigenvalue weighted by molar-refractivity contribution is -0.128. The van der Waals surface area contributed by atoms with Crippen molar-refractivity contribution in [3.63, 3.8) is 0 Å². The number of rotatable bonds is 9. The van der Waals surface area contributed by atoms with Crippen molar-refractivity contribution in [1.29, 1.82) is 0 Å². The average Bonchev–Trinajstić information content (AvgIpc) is 2.71. The van der Waals surface area contributed by atoms with E-state index in [4.69, 9.17) is 9.47 Å². The summed E-state index contributed by atoms with van der Waals surface area (Å²) in [6.45, 7) is 4.22. The van der Waals surface area contributed by atoms with Crippen LogP contribution >= 0.6 is 0 Å². The first-order valence-corrected chi connectivity index (χ1v) is 9.25. The minimum absolute atomic E-state index is 0.0361. The minimum Gasteiger partial charge on any atom is -0.494 e. The molecule has 0 aliphatic heterocycles. The standard InChI is InChI=1S/C21H25FN2O4/c1-3-4-7-14-27-17-12-10-16(11-13-17)21(26)24-23-20(25)15(2)28-19-9-6-5-8-18(19)22/h5-6,8-13,15H,3-4,7,14H2,1-2H3,(H,23,25)(H,24,26)/t15-/m1/s1. The molecule has 0 unspecified atom stereocenters. The van der Waals surface area contributed by atoms with Gasteiger partial charge in [0.15, 0.2) is 17.7 Å². The molecule has 0 aromatic heterocycles. The van der Waals surface area contributed by atoms with E-state index in [0.29, 0.717) is 17.9 Å². The highest BCUT2D eigenvalue weighted by Crippen LogP contribution is 2.17. The monoisotopic (exact) mass is 388 g/mol. The normalized spacial score (nSPS) is 11.4.